The van der Waals surface area contributed by atoms with Crippen molar-refractivity contribution in [3.63, 3.8) is 0 Å². The van der Waals surface area contributed by atoms with Crippen LogP contribution in [0.5, 0.6) is 5.75 Å². The van der Waals surface area contributed by atoms with Crippen molar-refractivity contribution < 1.29 is 9.90 Å². The molecule has 0 fully saturated rings. The molecule has 0 saturated carbocycles. The van der Waals surface area contributed by atoms with Gasteiger partial charge in [-0.3, -0.25) is 4.79 Å². The third-order valence-corrected chi connectivity index (χ3v) is 3.04. The summed E-state index contributed by atoms with van der Waals surface area (Å²) in [5.74, 6) is -0.242. The van der Waals surface area contributed by atoms with Crippen LogP contribution in [0.3, 0.4) is 0 Å². The second-order valence-corrected chi connectivity index (χ2v) is 4.69. The summed E-state index contributed by atoms with van der Waals surface area (Å²) in [6.07, 6.45) is 0. The summed E-state index contributed by atoms with van der Waals surface area (Å²) in [5, 5.41) is 21.5. The van der Waals surface area contributed by atoms with Gasteiger partial charge in [0.1, 0.15) is 11.8 Å². The molecule has 5 heteroatoms. The fourth-order valence-corrected chi connectivity index (χ4v) is 1.88. The molecule has 2 rings (SSSR count). The Labute approximate surface area is 121 Å². The molecule has 0 heterocycles. The molecule has 2 aromatic carbocycles. The lowest BCUT2D eigenvalue weighted by atomic mass is 10.1. The molecule has 2 aromatic rings. The highest BCUT2D eigenvalue weighted by atomic mass is 35.5. The molecule has 0 aliphatic rings. The Morgan fingerprint density at radius 1 is 1.30 bits per heavy atom. The van der Waals surface area contributed by atoms with E-state index in [0.717, 1.165) is 0 Å². The third kappa shape index (κ3) is 2.90. The number of benzene rings is 2. The Balaban J connectivity index is 2.30. The van der Waals surface area contributed by atoms with E-state index in [1.165, 1.54) is 18.2 Å². The van der Waals surface area contributed by atoms with Gasteiger partial charge in [-0.15, -0.1) is 0 Å². The number of halogens is 1. The van der Waals surface area contributed by atoms with Gasteiger partial charge in [0.05, 0.1) is 11.3 Å². The van der Waals surface area contributed by atoms with E-state index in [0.29, 0.717) is 27.4 Å². The van der Waals surface area contributed by atoms with Crippen LogP contribution in [0.1, 0.15) is 21.5 Å². The predicted molar refractivity (Wildman–Crippen MR) is 77.0 cm³/mol. The Bertz CT molecular complexity index is 720. The molecule has 0 saturated heterocycles. The number of nitrogens with zero attached hydrogens (tertiary/aromatic N) is 1. The van der Waals surface area contributed by atoms with Crippen LogP contribution in [0.2, 0.25) is 5.02 Å². The molecule has 0 radical (unpaired) electrons. The van der Waals surface area contributed by atoms with E-state index in [9.17, 15) is 9.90 Å². The first-order valence-corrected chi connectivity index (χ1v) is 6.19. The first-order chi connectivity index (χ1) is 9.51. The molecule has 0 bridgehead atoms. The van der Waals surface area contributed by atoms with Crippen LogP contribution in [-0.2, 0) is 0 Å². The fraction of sp³-hybridized carbons (Fsp3) is 0.0667. The standard InChI is InChI=1S/C15H11ClN2O2/c1-9-6-10(3-5-14(9)19)15(20)18-13-7-12(16)4-2-11(13)8-17/h2-7,19H,1H3,(H,18,20). The molecule has 0 aliphatic carbocycles. The molecule has 0 atom stereocenters. The van der Waals surface area contributed by atoms with Crippen molar-refractivity contribution in [1.29, 1.82) is 5.26 Å². The van der Waals surface area contributed by atoms with Gasteiger partial charge >= 0.3 is 0 Å². The van der Waals surface area contributed by atoms with Crippen molar-refractivity contribution in [3.05, 3.63) is 58.1 Å². The number of amides is 1. The topological polar surface area (TPSA) is 73.1 Å². The Kier molecular flexibility index (Phi) is 3.92. The Morgan fingerprint density at radius 3 is 2.70 bits per heavy atom. The van der Waals surface area contributed by atoms with Crippen molar-refractivity contribution >= 4 is 23.2 Å². The number of carbonyl (C=O) groups is 1. The number of rotatable bonds is 2. The monoisotopic (exact) mass is 286 g/mol. The number of nitrogens with one attached hydrogen (secondary N) is 1. The molecule has 0 unspecified atom stereocenters. The van der Waals surface area contributed by atoms with Crippen molar-refractivity contribution in [2.45, 2.75) is 6.92 Å². The van der Waals surface area contributed by atoms with Crippen LogP contribution in [0, 0.1) is 18.3 Å². The molecular weight excluding hydrogens is 276 g/mol. The van der Waals surface area contributed by atoms with Crippen molar-refractivity contribution in [2.75, 3.05) is 5.32 Å². The van der Waals surface area contributed by atoms with Crippen LogP contribution >= 0.6 is 11.6 Å². The molecule has 4 nitrogen and oxygen atoms in total. The first-order valence-electron chi connectivity index (χ1n) is 5.82. The summed E-state index contributed by atoms with van der Waals surface area (Å²) >= 11 is 5.86. The maximum Gasteiger partial charge on any atom is 0.255 e. The third-order valence-electron chi connectivity index (χ3n) is 2.81. The average Bonchev–Trinajstić information content (AvgIpc) is 2.42. The van der Waals surface area contributed by atoms with E-state index >= 15 is 0 Å². The van der Waals surface area contributed by atoms with E-state index in [1.54, 1.807) is 25.1 Å². The van der Waals surface area contributed by atoms with Crippen LogP contribution in [0.4, 0.5) is 5.69 Å². The maximum absolute atomic E-state index is 12.1. The van der Waals surface area contributed by atoms with Gasteiger partial charge in [-0.1, -0.05) is 11.6 Å². The largest absolute Gasteiger partial charge is 0.508 e. The number of aromatic hydroxyl groups is 1. The van der Waals surface area contributed by atoms with E-state index in [1.807, 2.05) is 6.07 Å². The summed E-state index contributed by atoms with van der Waals surface area (Å²) in [4.78, 5) is 12.1. The van der Waals surface area contributed by atoms with E-state index in [4.69, 9.17) is 16.9 Å². The summed E-state index contributed by atoms with van der Waals surface area (Å²) in [6, 6.07) is 11.2. The predicted octanol–water partition coefficient (Wildman–Crippen LogP) is 3.48. The lowest BCUT2D eigenvalue weighted by Crippen LogP contribution is -2.13. The lowest BCUT2D eigenvalue weighted by molar-refractivity contribution is 0.102. The molecule has 0 spiro atoms. The average molecular weight is 287 g/mol. The molecular formula is C15H11ClN2O2. The minimum absolute atomic E-state index is 0.127. The number of carbonyl (C=O) groups excluding carboxylic acids is 1. The molecule has 20 heavy (non-hydrogen) atoms. The van der Waals surface area contributed by atoms with Gasteiger partial charge in [-0.25, -0.2) is 0 Å². The maximum atomic E-state index is 12.1. The number of anilines is 1. The normalized spacial score (nSPS) is 9.85. The summed E-state index contributed by atoms with van der Waals surface area (Å²) in [5.41, 5.74) is 1.68. The van der Waals surface area contributed by atoms with E-state index in [2.05, 4.69) is 5.32 Å². The van der Waals surface area contributed by atoms with Gasteiger partial charge in [0, 0.05) is 10.6 Å². The first kappa shape index (κ1) is 13.9. The Hall–Kier alpha value is -2.51. The fourth-order valence-electron chi connectivity index (χ4n) is 1.71. The SMILES string of the molecule is Cc1cc(C(=O)Nc2cc(Cl)ccc2C#N)ccc1O. The van der Waals surface area contributed by atoms with Crippen LogP contribution in [0.25, 0.3) is 0 Å². The van der Waals surface area contributed by atoms with Gasteiger partial charge < -0.3 is 10.4 Å². The van der Waals surface area contributed by atoms with Crippen molar-refractivity contribution in [2.24, 2.45) is 0 Å². The molecule has 0 aromatic heterocycles. The zero-order valence-corrected chi connectivity index (χ0v) is 11.4. The summed E-state index contributed by atoms with van der Waals surface area (Å²) in [7, 11) is 0. The Morgan fingerprint density at radius 2 is 2.05 bits per heavy atom. The van der Waals surface area contributed by atoms with Crippen LogP contribution in [-0.4, -0.2) is 11.0 Å². The van der Waals surface area contributed by atoms with Gasteiger partial charge in [-0.2, -0.15) is 5.26 Å². The number of hydrogen-bond acceptors (Lipinski definition) is 3. The molecule has 2 N–H and O–H groups in total. The van der Waals surface area contributed by atoms with Crippen molar-refractivity contribution in [1.82, 2.24) is 0 Å². The smallest absolute Gasteiger partial charge is 0.255 e. The number of phenols is 1. The van der Waals surface area contributed by atoms with Crippen LogP contribution < -0.4 is 5.32 Å². The highest BCUT2D eigenvalue weighted by Gasteiger charge is 2.11. The van der Waals surface area contributed by atoms with Crippen molar-refractivity contribution in [3.8, 4) is 11.8 Å². The van der Waals surface area contributed by atoms with Gasteiger partial charge in [-0.05, 0) is 48.9 Å². The minimum atomic E-state index is -0.369. The number of phenolic OH excluding ortho intramolecular Hbond substituents is 1. The number of hydrogen-bond donors (Lipinski definition) is 2. The second-order valence-electron chi connectivity index (χ2n) is 4.26. The number of aryl methyl sites for hydroxylation is 1. The van der Waals surface area contributed by atoms with E-state index < -0.39 is 0 Å². The van der Waals surface area contributed by atoms with Gasteiger partial charge in [0.2, 0.25) is 0 Å². The summed E-state index contributed by atoms with van der Waals surface area (Å²) < 4.78 is 0. The quantitative estimate of drug-likeness (QED) is 0.887. The highest BCUT2D eigenvalue weighted by molar-refractivity contribution is 6.31. The molecule has 100 valence electrons. The van der Waals surface area contributed by atoms with Crippen LogP contribution in [0.15, 0.2) is 36.4 Å². The lowest BCUT2D eigenvalue weighted by Gasteiger charge is -2.08. The molecule has 1 amide bonds. The minimum Gasteiger partial charge on any atom is -0.508 e. The second kappa shape index (κ2) is 5.64. The highest BCUT2D eigenvalue weighted by Crippen LogP contribution is 2.22. The zero-order valence-electron chi connectivity index (χ0n) is 10.6. The number of nitriles is 1. The van der Waals surface area contributed by atoms with Gasteiger partial charge in [0.25, 0.3) is 5.91 Å². The van der Waals surface area contributed by atoms with E-state index in [-0.39, 0.29) is 11.7 Å². The summed E-state index contributed by atoms with van der Waals surface area (Å²) in [6.45, 7) is 1.70. The zero-order chi connectivity index (χ0) is 14.7. The van der Waals surface area contributed by atoms with Gasteiger partial charge in [0.15, 0.2) is 0 Å². The molecule has 0 aliphatic heterocycles.